The lowest BCUT2D eigenvalue weighted by molar-refractivity contribution is -0.123. The third-order valence-corrected chi connectivity index (χ3v) is 10.9. The highest BCUT2D eigenvalue weighted by molar-refractivity contribution is 5.85. The minimum Gasteiger partial charge on any atom is -0.393 e. The van der Waals surface area contributed by atoms with Crippen LogP contribution >= 0.6 is 0 Å². The summed E-state index contributed by atoms with van der Waals surface area (Å²) >= 11 is 0. The Morgan fingerprint density at radius 2 is 1.76 bits per heavy atom. The van der Waals surface area contributed by atoms with E-state index in [0.717, 1.165) is 42.7 Å². The summed E-state index contributed by atoms with van der Waals surface area (Å²) in [4.78, 5) is 19.5. The molecule has 4 aliphatic rings. The van der Waals surface area contributed by atoms with Crippen molar-refractivity contribution in [1.29, 1.82) is 0 Å². The lowest BCUT2D eigenvalue weighted by Crippen LogP contribution is -2.54. The van der Waals surface area contributed by atoms with E-state index in [0.29, 0.717) is 30.3 Å². The summed E-state index contributed by atoms with van der Waals surface area (Å²) in [6, 6.07) is 0. The molecule has 0 aromatic rings. The highest BCUT2D eigenvalue weighted by Crippen LogP contribution is 2.67. The third-order valence-electron chi connectivity index (χ3n) is 10.9. The van der Waals surface area contributed by atoms with Gasteiger partial charge in [-0.15, -0.1) is 0 Å². The van der Waals surface area contributed by atoms with Gasteiger partial charge in [0.05, 0.1) is 11.8 Å². The van der Waals surface area contributed by atoms with Crippen molar-refractivity contribution >= 4 is 11.8 Å². The molecule has 0 spiro atoms. The van der Waals surface area contributed by atoms with Crippen LogP contribution in [0.1, 0.15) is 92.4 Å². The van der Waals surface area contributed by atoms with Gasteiger partial charge in [0.15, 0.2) is 0 Å². The number of amides is 1. The maximum absolute atomic E-state index is 12.5. The van der Waals surface area contributed by atoms with Crippen LogP contribution in [0.3, 0.4) is 0 Å². The van der Waals surface area contributed by atoms with E-state index in [-0.39, 0.29) is 16.9 Å². The molecular formula is C28H49N3O3. The first kappa shape index (κ1) is 25.9. The molecule has 4 fully saturated rings. The van der Waals surface area contributed by atoms with Gasteiger partial charge in [-0.05, 0) is 111 Å². The number of rotatable bonds is 5. The van der Waals surface area contributed by atoms with Gasteiger partial charge in [0.1, 0.15) is 0 Å². The van der Waals surface area contributed by atoms with Crippen LogP contribution in [0.4, 0.5) is 4.79 Å². The van der Waals surface area contributed by atoms with Crippen LogP contribution in [0.25, 0.3) is 0 Å². The van der Waals surface area contributed by atoms with Crippen LogP contribution in [0, 0.1) is 45.8 Å². The van der Waals surface area contributed by atoms with E-state index in [4.69, 9.17) is 10.6 Å². The van der Waals surface area contributed by atoms with Crippen molar-refractivity contribution in [1.82, 2.24) is 4.90 Å². The summed E-state index contributed by atoms with van der Waals surface area (Å²) in [6.45, 7) is 12.2. The average Bonchev–Trinajstić information content (AvgIpc) is 3.14. The molecule has 0 saturated heterocycles. The number of carbonyl (C=O) groups excluding carboxylic acids is 1. The number of carbonyl (C=O) groups is 1. The number of aliphatic hydroxyl groups is 1. The Bertz CT molecular complexity index is 798. The van der Waals surface area contributed by atoms with Crippen LogP contribution < -0.4 is 5.73 Å². The van der Waals surface area contributed by atoms with Crippen LogP contribution in [-0.4, -0.2) is 48.1 Å². The Kier molecular flexibility index (Phi) is 7.16. The van der Waals surface area contributed by atoms with Crippen LogP contribution in [-0.2, 0) is 4.84 Å². The molecule has 0 unspecified atom stereocenters. The van der Waals surface area contributed by atoms with Gasteiger partial charge < -0.3 is 15.7 Å². The lowest BCUT2D eigenvalue weighted by atomic mass is 9.44. The minimum atomic E-state index is -0.407. The van der Waals surface area contributed by atoms with Gasteiger partial charge in [-0.2, -0.15) is 0 Å². The topological polar surface area (TPSA) is 88.2 Å². The molecule has 8 atom stereocenters. The zero-order chi connectivity index (χ0) is 24.9. The van der Waals surface area contributed by atoms with Crippen molar-refractivity contribution in [2.45, 2.75) is 98.5 Å². The van der Waals surface area contributed by atoms with E-state index in [1.807, 2.05) is 13.8 Å². The molecule has 0 aromatic heterocycles. The zero-order valence-corrected chi connectivity index (χ0v) is 22.5. The van der Waals surface area contributed by atoms with Gasteiger partial charge in [-0.3, -0.25) is 4.84 Å². The monoisotopic (exact) mass is 475 g/mol. The smallest absolute Gasteiger partial charge is 0.393 e. The van der Waals surface area contributed by atoms with E-state index >= 15 is 0 Å². The molecule has 0 bridgehead atoms. The minimum absolute atomic E-state index is 0.0821. The third kappa shape index (κ3) is 4.54. The average molecular weight is 476 g/mol. The van der Waals surface area contributed by atoms with Crippen molar-refractivity contribution in [2.75, 3.05) is 20.1 Å². The van der Waals surface area contributed by atoms with Crippen molar-refractivity contribution in [3.8, 4) is 0 Å². The molecule has 4 saturated carbocycles. The van der Waals surface area contributed by atoms with Gasteiger partial charge in [0.2, 0.25) is 0 Å². The largest absolute Gasteiger partial charge is 0.435 e. The molecule has 4 rings (SSSR count). The molecule has 34 heavy (non-hydrogen) atoms. The standard InChI is InChI=1S/C28H49N3O3/c1-18(30-34-25(33)31(6)17-26(2,3)16-29)22-9-10-23-21-8-7-19-15-20(32)11-13-27(19,4)24(21)12-14-28(22,23)5/h19-24,32H,7-17,29H2,1-6H3/b30-18+/t19-,20+,21+,22-,23+,24+,27+,28-/m1/s1. The van der Waals surface area contributed by atoms with E-state index in [2.05, 4.69) is 25.9 Å². The lowest BCUT2D eigenvalue weighted by Gasteiger charge is -2.61. The molecule has 6 heteroatoms. The van der Waals surface area contributed by atoms with Crippen molar-refractivity contribution < 1.29 is 14.7 Å². The predicted octanol–water partition coefficient (Wildman–Crippen LogP) is 5.44. The normalized spacial score (nSPS) is 42.4. The van der Waals surface area contributed by atoms with Crippen molar-refractivity contribution in [3.63, 3.8) is 0 Å². The summed E-state index contributed by atoms with van der Waals surface area (Å²) in [5.74, 6) is 3.40. The second-order valence-electron chi connectivity index (χ2n) is 13.6. The summed E-state index contributed by atoms with van der Waals surface area (Å²) in [5.41, 5.74) is 7.29. The first-order valence-electron chi connectivity index (χ1n) is 13.8. The molecule has 6 nitrogen and oxygen atoms in total. The fourth-order valence-electron chi connectivity index (χ4n) is 8.94. The predicted molar refractivity (Wildman–Crippen MR) is 136 cm³/mol. The maximum atomic E-state index is 12.5. The quantitative estimate of drug-likeness (QED) is 0.315. The SMILES string of the molecule is C/C(=N\OC(=O)N(C)CC(C)(C)CN)[C@H]1CC[C@H]2[C@@H]3CC[C@@H]4C[C@@H](O)CC[C@]4(C)[C@H]3CC[C@]12C. The Balaban J connectivity index is 1.43. The van der Waals surface area contributed by atoms with Gasteiger partial charge >= 0.3 is 6.09 Å². The fraction of sp³-hybridized carbons (Fsp3) is 0.929. The highest BCUT2D eigenvalue weighted by atomic mass is 16.7. The van der Waals surface area contributed by atoms with Crippen molar-refractivity contribution in [2.24, 2.45) is 56.7 Å². The van der Waals surface area contributed by atoms with Gasteiger partial charge in [-0.25, -0.2) is 4.79 Å². The van der Waals surface area contributed by atoms with E-state index in [1.54, 1.807) is 11.9 Å². The van der Waals surface area contributed by atoms with Crippen LogP contribution in [0.2, 0.25) is 0 Å². The Labute approximate surface area is 207 Å². The summed E-state index contributed by atoms with van der Waals surface area (Å²) in [7, 11) is 1.75. The Hall–Kier alpha value is -1.14. The number of nitrogens with zero attached hydrogens (tertiary/aromatic N) is 2. The Morgan fingerprint density at radius 1 is 1.09 bits per heavy atom. The first-order chi connectivity index (χ1) is 15.9. The summed E-state index contributed by atoms with van der Waals surface area (Å²) < 4.78 is 0. The first-order valence-corrected chi connectivity index (χ1v) is 13.8. The molecule has 0 radical (unpaired) electrons. The highest BCUT2D eigenvalue weighted by Gasteiger charge is 2.60. The van der Waals surface area contributed by atoms with Gasteiger partial charge in [0, 0.05) is 19.5 Å². The zero-order valence-electron chi connectivity index (χ0n) is 22.5. The second kappa shape index (κ2) is 9.38. The second-order valence-corrected chi connectivity index (χ2v) is 13.6. The maximum Gasteiger partial charge on any atom is 0.435 e. The summed E-state index contributed by atoms with van der Waals surface area (Å²) in [6.07, 6.45) is 10.2. The number of aliphatic hydroxyl groups excluding tert-OH is 1. The van der Waals surface area contributed by atoms with Crippen molar-refractivity contribution in [3.05, 3.63) is 0 Å². The molecule has 194 valence electrons. The van der Waals surface area contributed by atoms with Crippen LogP contribution in [0.5, 0.6) is 0 Å². The summed E-state index contributed by atoms with van der Waals surface area (Å²) in [5, 5.41) is 14.7. The number of hydrogen-bond donors (Lipinski definition) is 2. The number of nitrogens with two attached hydrogens (primary N) is 1. The molecule has 3 N–H and O–H groups in total. The van der Waals surface area contributed by atoms with Gasteiger partial charge in [-0.1, -0.05) is 32.9 Å². The molecule has 4 aliphatic carbocycles. The molecule has 0 aromatic carbocycles. The van der Waals surface area contributed by atoms with Crippen LogP contribution in [0.15, 0.2) is 5.16 Å². The molecule has 0 aliphatic heterocycles. The number of fused-ring (bicyclic) bond motifs is 5. The molecule has 0 heterocycles. The number of hydrogen-bond acceptors (Lipinski definition) is 5. The molecule has 1 amide bonds. The Morgan fingerprint density at radius 3 is 2.47 bits per heavy atom. The fourth-order valence-corrected chi connectivity index (χ4v) is 8.94. The van der Waals surface area contributed by atoms with E-state index < -0.39 is 6.09 Å². The number of oxime groups is 1. The van der Waals surface area contributed by atoms with E-state index in [9.17, 15) is 9.90 Å². The van der Waals surface area contributed by atoms with Gasteiger partial charge in [0.25, 0.3) is 0 Å². The van der Waals surface area contributed by atoms with E-state index in [1.165, 1.54) is 38.5 Å². The molecular weight excluding hydrogens is 426 g/mol.